The van der Waals surface area contributed by atoms with Crippen LogP contribution in [0.25, 0.3) is 0 Å². The number of halogens is 3. The van der Waals surface area contributed by atoms with Gasteiger partial charge in [0.05, 0.1) is 6.42 Å². The fraction of sp³-hybridized carbons (Fsp3) is 0.571. The van der Waals surface area contributed by atoms with Crippen molar-refractivity contribution >= 4 is 5.69 Å². The molecule has 19 heavy (non-hydrogen) atoms. The number of nitrogens with one attached hydrogen (secondary N) is 2. The number of rotatable bonds is 4. The normalized spacial score (nSPS) is 16.6. The Morgan fingerprint density at radius 2 is 2.16 bits per heavy atom. The van der Waals surface area contributed by atoms with E-state index >= 15 is 0 Å². The Hall–Kier alpha value is -1.23. The number of fused-ring (bicyclic) bond motifs is 1. The molecular weight excluding hydrogens is 253 g/mol. The Bertz CT molecular complexity index is 429. The van der Waals surface area contributed by atoms with Crippen molar-refractivity contribution in [3.63, 3.8) is 0 Å². The first kappa shape index (κ1) is 14.2. The van der Waals surface area contributed by atoms with E-state index in [1.165, 1.54) is 5.56 Å². The summed E-state index contributed by atoms with van der Waals surface area (Å²) < 4.78 is 36.8. The average molecular weight is 272 g/mol. The summed E-state index contributed by atoms with van der Waals surface area (Å²) in [6.45, 7) is 2.96. The highest BCUT2D eigenvalue weighted by Crippen LogP contribution is 2.26. The summed E-state index contributed by atoms with van der Waals surface area (Å²) in [7, 11) is 0. The fourth-order valence-electron chi connectivity index (χ4n) is 2.43. The van der Waals surface area contributed by atoms with Crippen LogP contribution in [0, 0.1) is 0 Å². The number of hydrogen-bond acceptors (Lipinski definition) is 2. The van der Waals surface area contributed by atoms with Gasteiger partial charge in [-0.1, -0.05) is 18.2 Å². The van der Waals surface area contributed by atoms with E-state index in [1.807, 2.05) is 12.1 Å². The van der Waals surface area contributed by atoms with Gasteiger partial charge in [-0.25, -0.2) is 0 Å². The minimum atomic E-state index is -4.11. The molecule has 0 fully saturated rings. The van der Waals surface area contributed by atoms with Gasteiger partial charge < -0.3 is 10.6 Å². The summed E-state index contributed by atoms with van der Waals surface area (Å²) in [5, 5.41) is 6.29. The summed E-state index contributed by atoms with van der Waals surface area (Å²) in [5.74, 6) is 0. The highest BCUT2D eigenvalue weighted by molar-refractivity contribution is 5.59. The molecule has 1 aromatic rings. The number of alkyl halides is 3. The molecule has 106 valence electrons. The smallest absolute Gasteiger partial charge is 0.385 e. The van der Waals surface area contributed by atoms with Crippen molar-refractivity contribution in [2.24, 2.45) is 0 Å². The summed E-state index contributed by atoms with van der Waals surface area (Å²) in [6, 6.07) is 5.44. The van der Waals surface area contributed by atoms with E-state index in [-0.39, 0.29) is 0 Å². The van der Waals surface area contributed by atoms with Gasteiger partial charge >= 0.3 is 6.18 Å². The SMILES string of the molecule is CC(CC(F)(F)F)NCc1cccc2c1NCCC2. The van der Waals surface area contributed by atoms with Gasteiger partial charge in [0.1, 0.15) is 0 Å². The first-order chi connectivity index (χ1) is 8.96. The van der Waals surface area contributed by atoms with E-state index < -0.39 is 18.6 Å². The molecule has 0 radical (unpaired) electrons. The van der Waals surface area contributed by atoms with Crippen molar-refractivity contribution in [1.29, 1.82) is 0 Å². The molecule has 0 aromatic heterocycles. The Morgan fingerprint density at radius 1 is 1.37 bits per heavy atom. The van der Waals surface area contributed by atoms with Crippen molar-refractivity contribution in [3.8, 4) is 0 Å². The van der Waals surface area contributed by atoms with Crippen LogP contribution in [0.1, 0.15) is 30.9 Å². The van der Waals surface area contributed by atoms with Crippen LogP contribution in [0.2, 0.25) is 0 Å². The third-order valence-electron chi connectivity index (χ3n) is 3.34. The number of aryl methyl sites for hydroxylation is 1. The zero-order valence-electron chi connectivity index (χ0n) is 11.0. The second kappa shape index (κ2) is 5.82. The fourth-order valence-corrected chi connectivity index (χ4v) is 2.43. The van der Waals surface area contributed by atoms with Gasteiger partial charge in [-0.05, 0) is 30.9 Å². The molecule has 0 aliphatic carbocycles. The lowest BCUT2D eigenvalue weighted by atomic mass is 9.99. The molecule has 1 aliphatic heterocycles. The molecule has 1 atom stereocenters. The minimum absolute atomic E-state index is 0.466. The van der Waals surface area contributed by atoms with Crippen molar-refractivity contribution in [2.75, 3.05) is 11.9 Å². The summed E-state index contributed by atoms with van der Waals surface area (Å²) in [4.78, 5) is 0. The highest BCUT2D eigenvalue weighted by atomic mass is 19.4. The quantitative estimate of drug-likeness (QED) is 0.877. The molecule has 0 spiro atoms. The first-order valence-corrected chi connectivity index (χ1v) is 6.60. The van der Waals surface area contributed by atoms with E-state index in [9.17, 15) is 13.2 Å². The molecule has 1 heterocycles. The third-order valence-corrected chi connectivity index (χ3v) is 3.34. The molecule has 2 rings (SSSR count). The van der Waals surface area contributed by atoms with Crippen LogP contribution >= 0.6 is 0 Å². The molecule has 1 unspecified atom stereocenters. The molecule has 1 aliphatic rings. The zero-order chi connectivity index (χ0) is 13.9. The van der Waals surface area contributed by atoms with E-state index in [1.54, 1.807) is 6.92 Å². The van der Waals surface area contributed by atoms with Crippen molar-refractivity contribution in [1.82, 2.24) is 5.32 Å². The summed E-state index contributed by atoms with van der Waals surface area (Å²) >= 11 is 0. The van der Waals surface area contributed by atoms with Gasteiger partial charge in [0.15, 0.2) is 0 Å². The number of anilines is 1. The van der Waals surface area contributed by atoms with Gasteiger partial charge in [0.2, 0.25) is 0 Å². The topological polar surface area (TPSA) is 24.1 Å². The third kappa shape index (κ3) is 4.13. The lowest BCUT2D eigenvalue weighted by molar-refractivity contribution is -0.139. The summed E-state index contributed by atoms with van der Waals surface area (Å²) in [5.41, 5.74) is 3.40. The van der Waals surface area contributed by atoms with Crippen LogP contribution in [0.5, 0.6) is 0 Å². The maximum absolute atomic E-state index is 12.3. The van der Waals surface area contributed by atoms with Crippen LogP contribution in [-0.4, -0.2) is 18.8 Å². The standard InChI is InChI=1S/C14H19F3N2/c1-10(8-14(15,16)17)19-9-12-5-2-4-11-6-3-7-18-13(11)12/h2,4-5,10,18-19H,3,6-9H2,1H3. The van der Waals surface area contributed by atoms with Crippen LogP contribution in [-0.2, 0) is 13.0 Å². The summed E-state index contributed by atoms with van der Waals surface area (Å²) in [6.07, 6.45) is -2.77. The highest BCUT2D eigenvalue weighted by Gasteiger charge is 2.29. The Kier molecular flexibility index (Phi) is 4.34. The van der Waals surface area contributed by atoms with Crippen molar-refractivity contribution in [2.45, 2.75) is 44.9 Å². The van der Waals surface area contributed by atoms with Crippen LogP contribution in [0.15, 0.2) is 18.2 Å². The molecule has 2 nitrogen and oxygen atoms in total. The average Bonchev–Trinajstić information content (AvgIpc) is 2.34. The van der Waals surface area contributed by atoms with Crippen LogP contribution < -0.4 is 10.6 Å². The minimum Gasteiger partial charge on any atom is -0.385 e. The predicted molar refractivity (Wildman–Crippen MR) is 70.2 cm³/mol. The molecule has 2 N–H and O–H groups in total. The molecule has 0 amide bonds. The lowest BCUT2D eigenvalue weighted by Crippen LogP contribution is -2.31. The van der Waals surface area contributed by atoms with E-state index in [0.29, 0.717) is 6.54 Å². The molecular formula is C14H19F3N2. The molecule has 1 aromatic carbocycles. The monoisotopic (exact) mass is 272 g/mol. The van der Waals surface area contributed by atoms with E-state index in [0.717, 1.165) is 30.6 Å². The second-order valence-electron chi connectivity index (χ2n) is 5.08. The Morgan fingerprint density at radius 3 is 2.89 bits per heavy atom. The van der Waals surface area contributed by atoms with Gasteiger partial charge in [-0.3, -0.25) is 0 Å². The largest absolute Gasteiger partial charge is 0.390 e. The molecule has 0 bridgehead atoms. The Balaban J connectivity index is 1.96. The molecule has 0 saturated heterocycles. The van der Waals surface area contributed by atoms with Crippen molar-refractivity contribution in [3.05, 3.63) is 29.3 Å². The lowest BCUT2D eigenvalue weighted by Gasteiger charge is -2.22. The number of para-hydroxylation sites is 1. The number of benzene rings is 1. The molecule has 0 saturated carbocycles. The van der Waals surface area contributed by atoms with Gasteiger partial charge in [0.25, 0.3) is 0 Å². The van der Waals surface area contributed by atoms with E-state index in [4.69, 9.17) is 0 Å². The van der Waals surface area contributed by atoms with Crippen LogP contribution in [0.4, 0.5) is 18.9 Å². The van der Waals surface area contributed by atoms with E-state index in [2.05, 4.69) is 16.7 Å². The van der Waals surface area contributed by atoms with Gasteiger partial charge in [0, 0.05) is 24.8 Å². The van der Waals surface area contributed by atoms with Crippen LogP contribution in [0.3, 0.4) is 0 Å². The maximum Gasteiger partial charge on any atom is 0.390 e. The molecule has 5 heteroatoms. The maximum atomic E-state index is 12.3. The van der Waals surface area contributed by atoms with Gasteiger partial charge in [-0.15, -0.1) is 0 Å². The zero-order valence-corrected chi connectivity index (χ0v) is 11.0. The Labute approximate surface area is 111 Å². The first-order valence-electron chi connectivity index (χ1n) is 6.60. The second-order valence-corrected chi connectivity index (χ2v) is 5.08. The predicted octanol–water partition coefficient (Wildman–Crippen LogP) is 3.48. The van der Waals surface area contributed by atoms with Gasteiger partial charge in [-0.2, -0.15) is 13.2 Å². The number of hydrogen-bond donors (Lipinski definition) is 2. The van der Waals surface area contributed by atoms with Crippen molar-refractivity contribution < 1.29 is 13.2 Å².